The quantitative estimate of drug-likeness (QED) is 0.714. The molecule has 0 fully saturated rings. The number of benzene rings is 1. The van der Waals surface area contributed by atoms with Crippen LogP contribution in [0.4, 0.5) is 5.69 Å². The molecule has 0 aliphatic carbocycles. The highest BCUT2D eigenvalue weighted by Gasteiger charge is 2.22. The summed E-state index contributed by atoms with van der Waals surface area (Å²) in [4.78, 5) is 7.40. The molecular formula is C11H11N3. The van der Waals surface area contributed by atoms with Crippen molar-refractivity contribution in [1.82, 2.24) is 9.97 Å². The number of fused-ring (bicyclic) bond motifs is 1. The fraction of sp³-hybridized carbons (Fsp3) is 0.182. The lowest BCUT2D eigenvalue weighted by Crippen LogP contribution is -2.07. The molecule has 70 valence electrons. The van der Waals surface area contributed by atoms with E-state index in [9.17, 15) is 0 Å². The maximum atomic E-state index is 4.26. The Bertz CT molecular complexity index is 409. The van der Waals surface area contributed by atoms with Gasteiger partial charge in [0.2, 0.25) is 0 Å². The minimum absolute atomic E-state index is 0.308. The third kappa shape index (κ3) is 1.09. The highest BCUT2D eigenvalue weighted by atomic mass is 15.0. The van der Waals surface area contributed by atoms with E-state index in [0.717, 1.165) is 12.2 Å². The first-order valence-electron chi connectivity index (χ1n) is 4.77. The number of hydrogen-bond donors (Lipinski definition) is 2. The van der Waals surface area contributed by atoms with E-state index in [1.54, 1.807) is 6.20 Å². The highest BCUT2D eigenvalue weighted by Crippen LogP contribution is 2.32. The summed E-state index contributed by atoms with van der Waals surface area (Å²) in [5, 5.41) is 3.44. The summed E-state index contributed by atoms with van der Waals surface area (Å²) in [7, 11) is 0. The van der Waals surface area contributed by atoms with Crippen LogP contribution in [-0.4, -0.2) is 9.97 Å². The molecule has 0 radical (unpaired) electrons. The average Bonchev–Trinajstić information content (AvgIpc) is 2.86. The van der Waals surface area contributed by atoms with Gasteiger partial charge in [-0.1, -0.05) is 18.2 Å². The van der Waals surface area contributed by atoms with Gasteiger partial charge in [-0.3, -0.25) is 0 Å². The van der Waals surface area contributed by atoms with Crippen LogP contribution >= 0.6 is 0 Å². The van der Waals surface area contributed by atoms with Gasteiger partial charge in [0.15, 0.2) is 0 Å². The molecule has 0 saturated heterocycles. The highest BCUT2D eigenvalue weighted by molar-refractivity contribution is 5.57. The van der Waals surface area contributed by atoms with Crippen LogP contribution in [0.5, 0.6) is 0 Å². The zero-order chi connectivity index (χ0) is 9.38. The van der Waals surface area contributed by atoms with Crippen molar-refractivity contribution in [1.29, 1.82) is 0 Å². The zero-order valence-electron chi connectivity index (χ0n) is 7.70. The van der Waals surface area contributed by atoms with E-state index in [1.807, 2.05) is 6.20 Å². The number of nitrogens with one attached hydrogen (secondary N) is 2. The van der Waals surface area contributed by atoms with Gasteiger partial charge in [0.1, 0.15) is 5.82 Å². The van der Waals surface area contributed by atoms with Crippen molar-refractivity contribution in [3.8, 4) is 0 Å². The Labute approximate surface area is 82.2 Å². The Morgan fingerprint density at radius 2 is 2.21 bits per heavy atom. The van der Waals surface area contributed by atoms with E-state index < -0.39 is 0 Å². The van der Waals surface area contributed by atoms with Gasteiger partial charge < -0.3 is 10.3 Å². The molecule has 14 heavy (non-hydrogen) atoms. The second kappa shape index (κ2) is 2.87. The fourth-order valence-electron chi connectivity index (χ4n) is 1.93. The molecule has 1 aliphatic rings. The number of hydrogen-bond acceptors (Lipinski definition) is 2. The number of anilines is 1. The molecule has 2 aromatic rings. The maximum Gasteiger partial charge on any atom is 0.128 e. The molecular weight excluding hydrogens is 174 g/mol. The summed E-state index contributed by atoms with van der Waals surface area (Å²) in [5.74, 6) is 1.02. The zero-order valence-corrected chi connectivity index (χ0v) is 7.70. The number of H-pyrrole nitrogens is 1. The van der Waals surface area contributed by atoms with Crippen LogP contribution in [0.3, 0.4) is 0 Å². The van der Waals surface area contributed by atoms with Crippen LogP contribution in [0.2, 0.25) is 0 Å². The molecule has 2 heterocycles. The van der Waals surface area contributed by atoms with E-state index in [4.69, 9.17) is 0 Å². The van der Waals surface area contributed by atoms with Crippen LogP contribution in [0.25, 0.3) is 0 Å². The standard InChI is InChI=1S/C11H11N3/c1-2-4-9-8(3-1)7-10(14-9)11-12-5-6-13-11/h1-6,10,14H,7H2,(H,12,13). The summed E-state index contributed by atoms with van der Waals surface area (Å²) >= 11 is 0. The molecule has 1 aliphatic heterocycles. The monoisotopic (exact) mass is 185 g/mol. The molecule has 3 heteroatoms. The first-order chi connectivity index (χ1) is 6.93. The predicted octanol–water partition coefficient (Wildman–Crippen LogP) is 2.12. The van der Waals surface area contributed by atoms with Crippen LogP contribution in [-0.2, 0) is 6.42 Å². The van der Waals surface area contributed by atoms with E-state index in [0.29, 0.717) is 6.04 Å². The molecule has 1 aromatic carbocycles. The second-order valence-electron chi connectivity index (χ2n) is 3.53. The molecule has 3 rings (SSSR count). The van der Waals surface area contributed by atoms with Crippen molar-refractivity contribution >= 4 is 5.69 Å². The normalized spacial score (nSPS) is 19.0. The first-order valence-corrected chi connectivity index (χ1v) is 4.77. The van der Waals surface area contributed by atoms with E-state index in [2.05, 4.69) is 39.6 Å². The summed E-state index contributed by atoms with van der Waals surface area (Å²) in [6.45, 7) is 0. The largest absolute Gasteiger partial charge is 0.375 e. The van der Waals surface area contributed by atoms with Crippen LogP contribution < -0.4 is 5.32 Å². The van der Waals surface area contributed by atoms with Gasteiger partial charge in [-0.15, -0.1) is 0 Å². The lowest BCUT2D eigenvalue weighted by molar-refractivity contribution is 0.764. The Hall–Kier alpha value is -1.77. The number of rotatable bonds is 1. The molecule has 0 spiro atoms. The van der Waals surface area contributed by atoms with Crippen LogP contribution in [0, 0.1) is 0 Å². The fourth-order valence-corrected chi connectivity index (χ4v) is 1.93. The maximum absolute atomic E-state index is 4.26. The Morgan fingerprint density at radius 1 is 1.29 bits per heavy atom. The van der Waals surface area contributed by atoms with Crippen molar-refractivity contribution in [2.45, 2.75) is 12.5 Å². The topological polar surface area (TPSA) is 40.7 Å². The number of para-hydroxylation sites is 1. The minimum atomic E-state index is 0.308. The van der Waals surface area contributed by atoms with Gasteiger partial charge in [0, 0.05) is 24.5 Å². The molecule has 1 aromatic heterocycles. The number of aromatic nitrogens is 2. The molecule has 2 N–H and O–H groups in total. The lowest BCUT2D eigenvalue weighted by atomic mass is 10.1. The van der Waals surface area contributed by atoms with Crippen molar-refractivity contribution in [2.75, 3.05) is 5.32 Å². The molecule has 0 amide bonds. The second-order valence-corrected chi connectivity index (χ2v) is 3.53. The smallest absolute Gasteiger partial charge is 0.128 e. The molecule has 0 saturated carbocycles. The number of imidazole rings is 1. The van der Waals surface area contributed by atoms with Crippen LogP contribution in [0.15, 0.2) is 36.7 Å². The third-order valence-electron chi connectivity index (χ3n) is 2.62. The first kappa shape index (κ1) is 7.62. The average molecular weight is 185 g/mol. The van der Waals surface area contributed by atoms with Gasteiger partial charge >= 0.3 is 0 Å². The Kier molecular flexibility index (Phi) is 1.56. The Balaban J connectivity index is 1.92. The molecule has 3 nitrogen and oxygen atoms in total. The summed E-state index contributed by atoms with van der Waals surface area (Å²) in [5.41, 5.74) is 2.60. The Morgan fingerprint density at radius 3 is 3.00 bits per heavy atom. The SMILES string of the molecule is c1ccc2c(c1)CC(c1ncc[nH]1)N2. The van der Waals surface area contributed by atoms with E-state index >= 15 is 0 Å². The predicted molar refractivity (Wildman–Crippen MR) is 55.1 cm³/mol. The minimum Gasteiger partial charge on any atom is -0.375 e. The summed E-state index contributed by atoms with van der Waals surface area (Å²) < 4.78 is 0. The van der Waals surface area contributed by atoms with Gasteiger partial charge in [-0.2, -0.15) is 0 Å². The summed E-state index contributed by atoms with van der Waals surface area (Å²) in [6.07, 6.45) is 4.67. The van der Waals surface area contributed by atoms with Gasteiger partial charge in [0.05, 0.1) is 6.04 Å². The van der Waals surface area contributed by atoms with Gasteiger partial charge in [-0.05, 0) is 11.6 Å². The van der Waals surface area contributed by atoms with Crippen molar-refractivity contribution in [2.24, 2.45) is 0 Å². The van der Waals surface area contributed by atoms with Crippen molar-refractivity contribution in [3.05, 3.63) is 48.0 Å². The van der Waals surface area contributed by atoms with Gasteiger partial charge in [-0.25, -0.2) is 4.98 Å². The number of nitrogens with zero attached hydrogens (tertiary/aromatic N) is 1. The number of aromatic amines is 1. The summed E-state index contributed by atoms with van der Waals surface area (Å²) in [6, 6.07) is 8.70. The van der Waals surface area contributed by atoms with E-state index in [1.165, 1.54) is 11.3 Å². The molecule has 1 atom stereocenters. The van der Waals surface area contributed by atoms with Crippen molar-refractivity contribution < 1.29 is 0 Å². The van der Waals surface area contributed by atoms with Gasteiger partial charge in [0.25, 0.3) is 0 Å². The molecule has 1 unspecified atom stereocenters. The van der Waals surface area contributed by atoms with Crippen LogP contribution in [0.1, 0.15) is 17.4 Å². The molecule has 0 bridgehead atoms. The third-order valence-corrected chi connectivity index (χ3v) is 2.62. The van der Waals surface area contributed by atoms with Crippen molar-refractivity contribution in [3.63, 3.8) is 0 Å². The van der Waals surface area contributed by atoms with E-state index in [-0.39, 0.29) is 0 Å². The lowest BCUT2D eigenvalue weighted by Gasteiger charge is -2.06.